The molecule has 2 rings (SSSR count). The zero-order chi connectivity index (χ0) is 11.7. The molecule has 0 radical (unpaired) electrons. The number of halogens is 1. The van der Waals surface area contributed by atoms with Gasteiger partial charge >= 0.3 is 0 Å². The minimum absolute atomic E-state index is 0.261. The number of hydrogen-bond donors (Lipinski definition) is 1. The Labute approximate surface area is 92.0 Å². The Kier molecular flexibility index (Phi) is 2.48. The number of benzene rings is 1. The van der Waals surface area contributed by atoms with Gasteiger partial charge in [0.15, 0.2) is 0 Å². The Morgan fingerprint density at radius 2 is 2.00 bits per heavy atom. The van der Waals surface area contributed by atoms with Crippen LogP contribution in [-0.4, -0.2) is 4.57 Å². The molecule has 2 N–H and O–H groups in total. The highest BCUT2D eigenvalue weighted by Crippen LogP contribution is 2.11. The van der Waals surface area contributed by atoms with E-state index < -0.39 is 0 Å². The number of aromatic nitrogens is 1. The summed E-state index contributed by atoms with van der Waals surface area (Å²) in [4.78, 5) is 11.7. The van der Waals surface area contributed by atoms with Crippen LogP contribution in [0.25, 0.3) is 5.69 Å². The average molecular weight is 218 g/mol. The van der Waals surface area contributed by atoms with E-state index in [1.807, 2.05) is 0 Å². The summed E-state index contributed by atoms with van der Waals surface area (Å²) in [5, 5.41) is 0. The molecule has 4 heteroatoms. The SMILES string of the molecule is Cc1cc(N)cc(=O)n1-c1cccc(F)c1. The van der Waals surface area contributed by atoms with Crippen molar-refractivity contribution < 1.29 is 4.39 Å². The number of nitrogens with two attached hydrogens (primary N) is 1. The second-order valence-electron chi connectivity index (χ2n) is 3.58. The van der Waals surface area contributed by atoms with E-state index in [-0.39, 0.29) is 11.4 Å². The third-order valence-electron chi connectivity index (χ3n) is 2.31. The first-order valence-electron chi connectivity index (χ1n) is 4.83. The van der Waals surface area contributed by atoms with Gasteiger partial charge in [-0.3, -0.25) is 9.36 Å². The van der Waals surface area contributed by atoms with Gasteiger partial charge in [0.05, 0.1) is 5.69 Å². The topological polar surface area (TPSA) is 48.0 Å². The van der Waals surface area contributed by atoms with Crippen LogP contribution in [0, 0.1) is 12.7 Å². The van der Waals surface area contributed by atoms with Crippen LogP contribution in [0.5, 0.6) is 0 Å². The van der Waals surface area contributed by atoms with Crippen molar-refractivity contribution in [2.75, 3.05) is 5.73 Å². The van der Waals surface area contributed by atoms with Crippen LogP contribution in [0.4, 0.5) is 10.1 Å². The molecule has 0 fully saturated rings. The van der Waals surface area contributed by atoms with Crippen molar-refractivity contribution in [3.63, 3.8) is 0 Å². The molecule has 0 aliphatic heterocycles. The normalized spacial score (nSPS) is 10.4. The lowest BCUT2D eigenvalue weighted by molar-refractivity contribution is 0.626. The summed E-state index contributed by atoms with van der Waals surface area (Å²) in [5.41, 5.74) is 6.88. The number of nitrogens with zero attached hydrogens (tertiary/aromatic N) is 1. The monoisotopic (exact) mass is 218 g/mol. The Morgan fingerprint density at radius 1 is 1.25 bits per heavy atom. The van der Waals surface area contributed by atoms with Crippen LogP contribution in [0.15, 0.2) is 41.2 Å². The largest absolute Gasteiger partial charge is 0.399 e. The number of aryl methyl sites for hydroxylation is 1. The summed E-state index contributed by atoms with van der Waals surface area (Å²) in [5.74, 6) is -0.374. The zero-order valence-corrected chi connectivity index (χ0v) is 8.77. The molecule has 0 saturated carbocycles. The van der Waals surface area contributed by atoms with Crippen LogP contribution < -0.4 is 11.3 Å². The molecular formula is C12H11FN2O. The lowest BCUT2D eigenvalue weighted by Gasteiger charge is -2.10. The molecule has 1 aromatic heterocycles. The highest BCUT2D eigenvalue weighted by Gasteiger charge is 2.04. The van der Waals surface area contributed by atoms with Crippen molar-refractivity contribution in [3.05, 3.63) is 58.3 Å². The molecule has 0 spiro atoms. The van der Waals surface area contributed by atoms with Crippen LogP contribution >= 0.6 is 0 Å². The van der Waals surface area contributed by atoms with Crippen LogP contribution in [0.3, 0.4) is 0 Å². The number of hydrogen-bond acceptors (Lipinski definition) is 2. The second kappa shape index (κ2) is 3.81. The summed E-state index contributed by atoms with van der Waals surface area (Å²) in [7, 11) is 0. The van der Waals surface area contributed by atoms with Gasteiger partial charge in [-0.15, -0.1) is 0 Å². The minimum Gasteiger partial charge on any atom is -0.399 e. The summed E-state index contributed by atoms with van der Waals surface area (Å²) in [6.45, 7) is 1.75. The van der Waals surface area contributed by atoms with Gasteiger partial charge in [0.2, 0.25) is 0 Å². The van der Waals surface area contributed by atoms with Crippen molar-refractivity contribution in [2.24, 2.45) is 0 Å². The second-order valence-corrected chi connectivity index (χ2v) is 3.58. The van der Waals surface area contributed by atoms with Crippen molar-refractivity contribution >= 4 is 5.69 Å². The van der Waals surface area contributed by atoms with Gasteiger partial charge in [-0.05, 0) is 31.2 Å². The van der Waals surface area contributed by atoms with E-state index in [1.54, 1.807) is 25.1 Å². The zero-order valence-electron chi connectivity index (χ0n) is 8.77. The molecule has 82 valence electrons. The minimum atomic E-state index is -0.374. The number of pyridine rings is 1. The summed E-state index contributed by atoms with van der Waals surface area (Å²) < 4.78 is 14.5. The van der Waals surface area contributed by atoms with E-state index in [2.05, 4.69) is 0 Å². The molecule has 0 atom stereocenters. The van der Waals surface area contributed by atoms with Gasteiger partial charge in [-0.25, -0.2) is 4.39 Å². The molecule has 0 bridgehead atoms. The van der Waals surface area contributed by atoms with E-state index in [1.165, 1.54) is 22.8 Å². The molecule has 0 aliphatic rings. The average Bonchev–Trinajstić information content (AvgIpc) is 2.15. The van der Waals surface area contributed by atoms with E-state index >= 15 is 0 Å². The van der Waals surface area contributed by atoms with Gasteiger partial charge < -0.3 is 5.73 Å². The van der Waals surface area contributed by atoms with Gasteiger partial charge in [0, 0.05) is 17.4 Å². The van der Waals surface area contributed by atoms with Gasteiger partial charge in [-0.1, -0.05) is 6.07 Å². The van der Waals surface area contributed by atoms with Crippen LogP contribution in [-0.2, 0) is 0 Å². The molecule has 1 aromatic carbocycles. The number of rotatable bonds is 1. The highest BCUT2D eigenvalue weighted by molar-refractivity contribution is 5.42. The maximum absolute atomic E-state index is 13.1. The third-order valence-corrected chi connectivity index (χ3v) is 2.31. The van der Waals surface area contributed by atoms with E-state index in [0.29, 0.717) is 17.1 Å². The first-order valence-corrected chi connectivity index (χ1v) is 4.83. The lowest BCUT2D eigenvalue weighted by atomic mass is 10.2. The summed E-state index contributed by atoms with van der Waals surface area (Å²) in [6.07, 6.45) is 0. The van der Waals surface area contributed by atoms with Crippen molar-refractivity contribution in [3.8, 4) is 5.69 Å². The molecule has 0 aliphatic carbocycles. The van der Waals surface area contributed by atoms with Gasteiger partial charge in [0.1, 0.15) is 5.82 Å². The Morgan fingerprint density at radius 3 is 2.62 bits per heavy atom. The van der Waals surface area contributed by atoms with Crippen molar-refractivity contribution in [2.45, 2.75) is 6.92 Å². The molecule has 0 amide bonds. The van der Waals surface area contributed by atoms with Gasteiger partial charge in [0.25, 0.3) is 5.56 Å². The number of anilines is 1. The van der Waals surface area contributed by atoms with Crippen LogP contribution in [0.1, 0.15) is 5.69 Å². The molecule has 16 heavy (non-hydrogen) atoms. The fourth-order valence-electron chi connectivity index (χ4n) is 1.67. The Bertz CT molecular complexity index is 590. The van der Waals surface area contributed by atoms with E-state index in [4.69, 9.17) is 5.73 Å². The smallest absolute Gasteiger partial charge is 0.257 e. The van der Waals surface area contributed by atoms with E-state index in [9.17, 15) is 9.18 Å². The third kappa shape index (κ3) is 1.82. The summed E-state index contributed by atoms with van der Waals surface area (Å²) in [6, 6.07) is 8.87. The fraction of sp³-hybridized carbons (Fsp3) is 0.0833. The highest BCUT2D eigenvalue weighted by atomic mass is 19.1. The summed E-state index contributed by atoms with van der Waals surface area (Å²) >= 11 is 0. The maximum Gasteiger partial charge on any atom is 0.257 e. The predicted octanol–water partition coefficient (Wildman–Crippen LogP) is 1.87. The predicted molar refractivity (Wildman–Crippen MR) is 61.1 cm³/mol. The lowest BCUT2D eigenvalue weighted by Crippen LogP contribution is -2.20. The molecule has 0 saturated heterocycles. The first-order chi connectivity index (χ1) is 7.58. The Hall–Kier alpha value is -2.10. The molecule has 2 aromatic rings. The Balaban J connectivity index is 2.70. The molecule has 1 heterocycles. The van der Waals surface area contributed by atoms with Gasteiger partial charge in [-0.2, -0.15) is 0 Å². The maximum atomic E-state index is 13.1. The molecule has 0 unspecified atom stereocenters. The quantitative estimate of drug-likeness (QED) is 0.794. The first kappa shape index (κ1) is 10.4. The fourth-order valence-corrected chi connectivity index (χ4v) is 1.67. The van der Waals surface area contributed by atoms with Crippen molar-refractivity contribution in [1.29, 1.82) is 0 Å². The van der Waals surface area contributed by atoms with E-state index in [0.717, 1.165) is 0 Å². The van der Waals surface area contributed by atoms with Crippen LogP contribution in [0.2, 0.25) is 0 Å². The van der Waals surface area contributed by atoms with Crippen molar-refractivity contribution in [1.82, 2.24) is 4.57 Å². The number of nitrogen functional groups attached to an aromatic ring is 1. The standard InChI is InChI=1S/C12H11FN2O/c1-8-5-10(14)7-12(16)15(8)11-4-2-3-9(13)6-11/h2-7H,14H2,1H3. The molecular weight excluding hydrogens is 207 g/mol. The molecule has 3 nitrogen and oxygen atoms in total.